The minimum Gasteiger partial charge on any atom is -0.394 e. The maximum absolute atomic E-state index is 12.1. The van der Waals surface area contributed by atoms with E-state index in [1.807, 2.05) is 6.08 Å². The first-order chi connectivity index (χ1) is 15.2. The van der Waals surface area contributed by atoms with Crippen LogP contribution in [-0.2, 0) is 4.79 Å². The quantitative estimate of drug-likeness (QED) is 0.132. The summed E-state index contributed by atoms with van der Waals surface area (Å²) in [6, 6.07) is -0.628. The van der Waals surface area contributed by atoms with Gasteiger partial charge in [-0.1, -0.05) is 115 Å². The van der Waals surface area contributed by atoms with Crippen LogP contribution in [0.3, 0.4) is 0 Å². The van der Waals surface area contributed by atoms with E-state index < -0.39 is 12.1 Å². The summed E-state index contributed by atoms with van der Waals surface area (Å²) in [5, 5.41) is 22.5. The van der Waals surface area contributed by atoms with Gasteiger partial charge in [-0.2, -0.15) is 0 Å². The molecule has 2 unspecified atom stereocenters. The monoisotopic (exact) mass is 437 g/mol. The van der Waals surface area contributed by atoms with Gasteiger partial charge in [0.1, 0.15) is 0 Å². The SMILES string of the molecule is CCCC/C=C/CC/C=C/C(O)C(CO)NC(=O)CCCCCCCCCCCCC. The van der Waals surface area contributed by atoms with Gasteiger partial charge in [-0.15, -0.1) is 0 Å². The van der Waals surface area contributed by atoms with Crippen LogP contribution < -0.4 is 5.32 Å². The van der Waals surface area contributed by atoms with Crippen LogP contribution in [0.1, 0.15) is 123 Å². The molecule has 0 aliphatic heterocycles. The third kappa shape index (κ3) is 20.5. The van der Waals surface area contributed by atoms with Gasteiger partial charge in [0, 0.05) is 6.42 Å². The second-order valence-corrected chi connectivity index (χ2v) is 8.75. The summed E-state index contributed by atoms with van der Waals surface area (Å²) in [6.07, 6.45) is 26.8. The second kappa shape index (κ2) is 23.5. The van der Waals surface area contributed by atoms with Gasteiger partial charge in [-0.05, 0) is 25.7 Å². The highest BCUT2D eigenvalue weighted by molar-refractivity contribution is 5.76. The topological polar surface area (TPSA) is 69.6 Å². The van der Waals surface area contributed by atoms with E-state index in [9.17, 15) is 15.0 Å². The third-order valence-electron chi connectivity index (χ3n) is 5.69. The van der Waals surface area contributed by atoms with Crippen molar-refractivity contribution in [3.8, 4) is 0 Å². The molecular formula is C27H51NO3. The number of carbonyl (C=O) groups is 1. The summed E-state index contributed by atoms with van der Waals surface area (Å²) in [4.78, 5) is 12.1. The molecule has 0 aromatic rings. The fourth-order valence-corrected chi connectivity index (χ4v) is 3.59. The lowest BCUT2D eigenvalue weighted by molar-refractivity contribution is -0.123. The van der Waals surface area contributed by atoms with Crippen molar-refractivity contribution in [1.29, 1.82) is 0 Å². The first-order valence-electron chi connectivity index (χ1n) is 13.1. The van der Waals surface area contributed by atoms with Crippen molar-refractivity contribution in [1.82, 2.24) is 5.32 Å². The summed E-state index contributed by atoms with van der Waals surface area (Å²) in [5.74, 6) is -0.0821. The maximum atomic E-state index is 12.1. The van der Waals surface area contributed by atoms with Crippen LogP contribution >= 0.6 is 0 Å². The lowest BCUT2D eigenvalue weighted by Gasteiger charge is -2.19. The number of nitrogens with one attached hydrogen (secondary N) is 1. The van der Waals surface area contributed by atoms with Crippen molar-refractivity contribution in [2.75, 3.05) is 6.61 Å². The van der Waals surface area contributed by atoms with Gasteiger partial charge in [-0.25, -0.2) is 0 Å². The van der Waals surface area contributed by atoms with E-state index in [2.05, 4.69) is 31.3 Å². The Morgan fingerprint density at radius 3 is 1.84 bits per heavy atom. The van der Waals surface area contributed by atoms with Gasteiger partial charge in [-0.3, -0.25) is 4.79 Å². The van der Waals surface area contributed by atoms with E-state index in [0.29, 0.717) is 6.42 Å². The minimum absolute atomic E-state index is 0.0821. The number of unbranched alkanes of at least 4 members (excludes halogenated alkanes) is 13. The Labute approximate surface area is 192 Å². The van der Waals surface area contributed by atoms with Crippen molar-refractivity contribution in [3.05, 3.63) is 24.3 Å². The Balaban J connectivity index is 3.76. The van der Waals surface area contributed by atoms with Gasteiger partial charge in [0.2, 0.25) is 5.91 Å². The molecule has 31 heavy (non-hydrogen) atoms. The molecule has 3 N–H and O–H groups in total. The first kappa shape index (κ1) is 29.9. The number of aliphatic hydroxyl groups excluding tert-OH is 2. The zero-order valence-corrected chi connectivity index (χ0v) is 20.5. The molecule has 4 heteroatoms. The molecule has 0 spiro atoms. The Morgan fingerprint density at radius 1 is 0.742 bits per heavy atom. The predicted molar refractivity (Wildman–Crippen MR) is 133 cm³/mol. The summed E-state index contributed by atoms with van der Waals surface area (Å²) in [7, 11) is 0. The minimum atomic E-state index is -0.852. The molecule has 2 atom stereocenters. The van der Waals surface area contributed by atoms with Crippen LogP contribution in [0.15, 0.2) is 24.3 Å². The van der Waals surface area contributed by atoms with Crippen molar-refractivity contribution in [2.45, 2.75) is 135 Å². The van der Waals surface area contributed by atoms with Crippen molar-refractivity contribution in [2.24, 2.45) is 0 Å². The molecule has 182 valence electrons. The van der Waals surface area contributed by atoms with Crippen molar-refractivity contribution in [3.63, 3.8) is 0 Å². The van der Waals surface area contributed by atoms with Crippen LogP contribution in [0, 0.1) is 0 Å². The van der Waals surface area contributed by atoms with Gasteiger partial charge in [0.25, 0.3) is 0 Å². The van der Waals surface area contributed by atoms with E-state index >= 15 is 0 Å². The van der Waals surface area contributed by atoms with Crippen molar-refractivity contribution >= 4 is 5.91 Å². The lowest BCUT2D eigenvalue weighted by atomic mass is 10.0. The van der Waals surface area contributed by atoms with E-state index in [1.54, 1.807) is 6.08 Å². The maximum Gasteiger partial charge on any atom is 0.220 e. The van der Waals surface area contributed by atoms with Crippen LogP contribution in [0.2, 0.25) is 0 Å². The van der Waals surface area contributed by atoms with Gasteiger partial charge in [0.15, 0.2) is 0 Å². The fourth-order valence-electron chi connectivity index (χ4n) is 3.59. The third-order valence-corrected chi connectivity index (χ3v) is 5.69. The molecule has 0 aromatic carbocycles. The number of aliphatic hydroxyl groups is 2. The standard InChI is InChI=1S/C27H51NO3/c1-3-5-7-9-11-13-14-15-17-19-21-23-27(31)28-25(24-29)26(30)22-20-18-16-12-10-8-6-4-2/h10,12,20,22,25-26,29-30H,3-9,11,13-19,21,23-24H2,1-2H3,(H,28,31)/b12-10+,22-20+. The van der Waals surface area contributed by atoms with E-state index in [1.165, 1.54) is 70.6 Å². The van der Waals surface area contributed by atoms with Crippen molar-refractivity contribution < 1.29 is 15.0 Å². The van der Waals surface area contributed by atoms with Gasteiger partial charge < -0.3 is 15.5 Å². The largest absolute Gasteiger partial charge is 0.394 e. The molecule has 0 aliphatic rings. The molecule has 0 heterocycles. The fraction of sp³-hybridized carbons (Fsp3) is 0.815. The molecule has 1 amide bonds. The smallest absolute Gasteiger partial charge is 0.220 e. The Kier molecular flexibility index (Phi) is 22.7. The van der Waals surface area contributed by atoms with E-state index in [0.717, 1.165) is 32.1 Å². The highest BCUT2D eigenvalue weighted by Crippen LogP contribution is 2.12. The molecular weight excluding hydrogens is 386 g/mol. The Hall–Kier alpha value is -1.13. The molecule has 0 aromatic heterocycles. The normalized spacial score (nSPS) is 13.8. The number of allylic oxidation sites excluding steroid dienone is 3. The molecule has 0 rings (SSSR count). The molecule has 0 saturated heterocycles. The summed E-state index contributed by atoms with van der Waals surface area (Å²) in [5.41, 5.74) is 0. The number of carbonyl (C=O) groups excluding carboxylic acids is 1. The Morgan fingerprint density at radius 2 is 1.26 bits per heavy atom. The van der Waals surface area contributed by atoms with Gasteiger partial charge >= 0.3 is 0 Å². The number of rotatable bonds is 22. The van der Waals surface area contributed by atoms with Gasteiger partial charge in [0.05, 0.1) is 18.8 Å². The average Bonchev–Trinajstić information content (AvgIpc) is 2.77. The number of hydrogen-bond donors (Lipinski definition) is 3. The zero-order valence-electron chi connectivity index (χ0n) is 20.5. The molecule has 0 bridgehead atoms. The van der Waals surface area contributed by atoms with Crippen LogP contribution in [0.4, 0.5) is 0 Å². The summed E-state index contributed by atoms with van der Waals surface area (Å²) >= 11 is 0. The Bertz CT molecular complexity index is 448. The molecule has 0 aliphatic carbocycles. The van der Waals surface area contributed by atoms with E-state index in [4.69, 9.17) is 0 Å². The van der Waals surface area contributed by atoms with Crippen LogP contribution in [0.25, 0.3) is 0 Å². The van der Waals surface area contributed by atoms with E-state index in [-0.39, 0.29) is 12.5 Å². The predicted octanol–water partition coefficient (Wildman–Crippen LogP) is 6.61. The highest BCUT2D eigenvalue weighted by Gasteiger charge is 2.17. The zero-order chi connectivity index (χ0) is 23.0. The number of hydrogen-bond acceptors (Lipinski definition) is 3. The van der Waals surface area contributed by atoms with Crippen LogP contribution in [-0.4, -0.2) is 34.9 Å². The molecule has 0 saturated carbocycles. The average molecular weight is 438 g/mol. The summed E-state index contributed by atoms with van der Waals surface area (Å²) in [6.45, 7) is 4.18. The lowest BCUT2D eigenvalue weighted by Crippen LogP contribution is -2.45. The molecule has 4 nitrogen and oxygen atoms in total. The second-order valence-electron chi connectivity index (χ2n) is 8.75. The first-order valence-corrected chi connectivity index (χ1v) is 13.1. The molecule has 0 radical (unpaired) electrons. The highest BCUT2D eigenvalue weighted by atomic mass is 16.3. The van der Waals surface area contributed by atoms with Crippen LogP contribution in [0.5, 0.6) is 0 Å². The number of amides is 1. The molecule has 0 fully saturated rings. The summed E-state index contributed by atoms with van der Waals surface area (Å²) < 4.78 is 0.